The van der Waals surface area contributed by atoms with Gasteiger partial charge in [0.15, 0.2) is 0 Å². The smallest absolute Gasteiger partial charge is 0.327 e. The second-order valence-electron chi connectivity index (χ2n) is 9.14. The molecule has 2 heterocycles. The molecular weight excluding hydrogens is 446 g/mol. The van der Waals surface area contributed by atoms with Crippen molar-refractivity contribution in [2.75, 3.05) is 54.1 Å². The number of benzene rings is 2. The third-order valence-electron chi connectivity index (χ3n) is 7.15. The average molecular weight is 482 g/mol. The lowest BCUT2D eigenvalue weighted by Crippen LogP contribution is -2.56. The lowest BCUT2D eigenvalue weighted by molar-refractivity contribution is -0.136. The number of imide groups is 1. The van der Waals surface area contributed by atoms with Crippen LogP contribution in [0.2, 0.25) is 0 Å². The molecule has 4 rings (SSSR count). The van der Waals surface area contributed by atoms with E-state index in [9.17, 15) is 9.59 Å². The maximum atomic E-state index is 13.6. The van der Waals surface area contributed by atoms with Crippen molar-refractivity contribution in [3.05, 3.63) is 59.7 Å². The normalized spacial score (nSPS) is 17.9. The monoisotopic (exact) mass is 481 g/mol. The van der Waals surface area contributed by atoms with Gasteiger partial charge in [-0.2, -0.15) is 0 Å². The van der Waals surface area contributed by atoms with E-state index in [0.717, 1.165) is 36.7 Å². The number of hydrogen-bond acceptors (Lipinski definition) is 6. The predicted octanol–water partition coefficient (Wildman–Crippen LogP) is 3.19. The molecule has 0 aliphatic carbocycles. The third kappa shape index (κ3) is 5.28. The number of ether oxygens (including phenoxy) is 3. The van der Waals surface area contributed by atoms with Gasteiger partial charge in [0.05, 0.1) is 27.4 Å². The van der Waals surface area contributed by atoms with Crippen LogP contribution in [0.5, 0.6) is 11.5 Å². The van der Waals surface area contributed by atoms with E-state index in [-0.39, 0.29) is 18.5 Å². The van der Waals surface area contributed by atoms with Crippen molar-refractivity contribution in [3.8, 4) is 11.5 Å². The van der Waals surface area contributed by atoms with Gasteiger partial charge in [-0.3, -0.25) is 14.6 Å². The summed E-state index contributed by atoms with van der Waals surface area (Å²) in [5.74, 6) is 1.55. The molecule has 0 atom stereocenters. The molecule has 1 spiro atoms. The van der Waals surface area contributed by atoms with Crippen LogP contribution in [0.4, 0.5) is 4.79 Å². The first kappa shape index (κ1) is 25.0. The first-order chi connectivity index (χ1) is 17.0. The zero-order chi connectivity index (χ0) is 24.8. The van der Waals surface area contributed by atoms with Crippen LogP contribution >= 0.6 is 0 Å². The fraction of sp³-hybridized carbons (Fsp3) is 0.481. The van der Waals surface area contributed by atoms with Crippen molar-refractivity contribution in [1.29, 1.82) is 0 Å². The number of rotatable bonds is 10. The molecule has 2 fully saturated rings. The van der Waals surface area contributed by atoms with Gasteiger partial charge in [-0.05, 0) is 54.7 Å². The second kappa shape index (κ2) is 11.1. The topological polar surface area (TPSA) is 71.6 Å². The lowest BCUT2D eigenvalue weighted by Gasteiger charge is -2.42. The Balaban J connectivity index is 1.48. The summed E-state index contributed by atoms with van der Waals surface area (Å²) >= 11 is 0. The zero-order valence-corrected chi connectivity index (χ0v) is 20.9. The Morgan fingerprint density at radius 1 is 0.857 bits per heavy atom. The summed E-state index contributed by atoms with van der Waals surface area (Å²) in [7, 11) is 4.89. The quantitative estimate of drug-likeness (QED) is 0.486. The summed E-state index contributed by atoms with van der Waals surface area (Å²) in [4.78, 5) is 32.5. The van der Waals surface area contributed by atoms with Gasteiger partial charge in [0.1, 0.15) is 17.0 Å². The lowest BCUT2D eigenvalue weighted by atomic mass is 9.85. The maximum Gasteiger partial charge on any atom is 0.327 e. The standard InChI is InChI=1S/C27H35N3O5/c1-33-18-17-29-25(31)27(30(26(29)32)14-11-21-7-9-23(34-2)10-8-21)12-15-28(16-13-27)20-22-5-4-6-24(19-22)35-3/h4-10,19H,11-18,20H2,1-3H3. The van der Waals surface area contributed by atoms with Gasteiger partial charge in [-0.1, -0.05) is 24.3 Å². The van der Waals surface area contributed by atoms with E-state index in [2.05, 4.69) is 11.0 Å². The molecule has 0 unspecified atom stereocenters. The number of piperidine rings is 1. The molecule has 0 N–H and O–H groups in total. The van der Waals surface area contributed by atoms with Gasteiger partial charge >= 0.3 is 6.03 Å². The van der Waals surface area contributed by atoms with E-state index in [0.29, 0.717) is 32.4 Å². The van der Waals surface area contributed by atoms with Gasteiger partial charge in [-0.25, -0.2) is 4.79 Å². The van der Waals surface area contributed by atoms with Crippen molar-refractivity contribution in [1.82, 2.24) is 14.7 Å². The fourth-order valence-electron chi connectivity index (χ4n) is 5.10. The molecule has 8 nitrogen and oxygen atoms in total. The van der Waals surface area contributed by atoms with E-state index in [1.54, 1.807) is 21.3 Å². The molecule has 8 heteroatoms. The SMILES string of the molecule is COCCN1C(=O)N(CCc2ccc(OC)cc2)C2(CCN(Cc3cccc(OC)c3)CC2)C1=O. The molecule has 2 saturated heterocycles. The molecule has 188 valence electrons. The molecule has 3 amide bonds. The minimum absolute atomic E-state index is 0.0877. The van der Waals surface area contributed by atoms with Crippen LogP contribution in [-0.4, -0.2) is 86.3 Å². The molecule has 0 bridgehead atoms. The van der Waals surface area contributed by atoms with Crippen molar-refractivity contribution in [2.24, 2.45) is 0 Å². The molecular formula is C27H35N3O5. The van der Waals surface area contributed by atoms with Gasteiger partial charge in [0.2, 0.25) is 0 Å². The van der Waals surface area contributed by atoms with Gasteiger partial charge in [0, 0.05) is 33.3 Å². The highest BCUT2D eigenvalue weighted by Gasteiger charge is 2.57. The van der Waals surface area contributed by atoms with Crippen molar-refractivity contribution < 1.29 is 23.8 Å². The number of urea groups is 1. The molecule has 0 aromatic heterocycles. The Morgan fingerprint density at radius 2 is 1.57 bits per heavy atom. The number of methoxy groups -OCH3 is 3. The van der Waals surface area contributed by atoms with Gasteiger partial charge in [0.25, 0.3) is 5.91 Å². The summed E-state index contributed by atoms with van der Waals surface area (Å²) in [6, 6.07) is 15.7. The summed E-state index contributed by atoms with van der Waals surface area (Å²) in [6.07, 6.45) is 1.91. The molecule has 35 heavy (non-hydrogen) atoms. The summed E-state index contributed by atoms with van der Waals surface area (Å²) in [5.41, 5.74) is 1.49. The van der Waals surface area contributed by atoms with Gasteiger partial charge < -0.3 is 19.1 Å². The van der Waals surface area contributed by atoms with Crippen molar-refractivity contribution >= 4 is 11.9 Å². The highest BCUT2D eigenvalue weighted by atomic mass is 16.5. The molecule has 2 aromatic carbocycles. The van der Waals surface area contributed by atoms with Gasteiger partial charge in [-0.15, -0.1) is 0 Å². The van der Waals surface area contributed by atoms with Crippen LogP contribution in [0, 0.1) is 0 Å². The number of carbonyl (C=O) groups is 2. The molecule has 2 aromatic rings. The number of hydrogen-bond donors (Lipinski definition) is 0. The largest absolute Gasteiger partial charge is 0.497 e. The number of carbonyl (C=O) groups excluding carboxylic acids is 2. The first-order valence-electron chi connectivity index (χ1n) is 12.1. The van der Waals surface area contributed by atoms with E-state index < -0.39 is 5.54 Å². The van der Waals surface area contributed by atoms with Crippen LogP contribution < -0.4 is 9.47 Å². The number of amides is 3. The van der Waals surface area contributed by atoms with Crippen LogP contribution in [0.1, 0.15) is 24.0 Å². The third-order valence-corrected chi connectivity index (χ3v) is 7.15. The average Bonchev–Trinajstić information content (AvgIpc) is 3.08. The summed E-state index contributed by atoms with van der Waals surface area (Å²) < 4.78 is 15.8. The second-order valence-corrected chi connectivity index (χ2v) is 9.14. The van der Waals surface area contributed by atoms with E-state index in [1.165, 1.54) is 10.5 Å². The van der Waals surface area contributed by atoms with Crippen LogP contribution in [-0.2, 0) is 22.5 Å². The fourth-order valence-corrected chi connectivity index (χ4v) is 5.10. The Morgan fingerprint density at radius 3 is 2.23 bits per heavy atom. The Kier molecular flexibility index (Phi) is 7.93. The maximum absolute atomic E-state index is 13.6. The number of nitrogens with zero attached hydrogens (tertiary/aromatic N) is 3. The van der Waals surface area contributed by atoms with Crippen LogP contribution in [0.3, 0.4) is 0 Å². The van der Waals surface area contributed by atoms with E-state index in [1.807, 2.05) is 47.4 Å². The molecule has 0 radical (unpaired) electrons. The number of likely N-dealkylation sites (tertiary alicyclic amines) is 1. The van der Waals surface area contributed by atoms with Crippen molar-refractivity contribution in [2.45, 2.75) is 31.3 Å². The minimum atomic E-state index is -0.790. The minimum Gasteiger partial charge on any atom is -0.497 e. The Labute approximate surface area is 207 Å². The van der Waals surface area contributed by atoms with E-state index in [4.69, 9.17) is 14.2 Å². The molecule has 2 aliphatic heterocycles. The van der Waals surface area contributed by atoms with Crippen LogP contribution in [0.25, 0.3) is 0 Å². The molecule has 0 saturated carbocycles. The highest BCUT2D eigenvalue weighted by Crippen LogP contribution is 2.38. The predicted molar refractivity (Wildman–Crippen MR) is 133 cm³/mol. The van der Waals surface area contributed by atoms with Crippen molar-refractivity contribution in [3.63, 3.8) is 0 Å². The summed E-state index contributed by atoms with van der Waals surface area (Å²) in [6.45, 7) is 3.38. The summed E-state index contributed by atoms with van der Waals surface area (Å²) in [5, 5.41) is 0. The Bertz CT molecular complexity index is 1020. The Hall–Kier alpha value is -3.10. The highest BCUT2D eigenvalue weighted by molar-refractivity contribution is 6.07. The van der Waals surface area contributed by atoms with Crippen LogP contribution in [0.15, 0.2) is 48.5 Å². The zero-order valence-electron chi connectivity index (χ0n) is 20.9. The van der Waals surface area contributed by atoms with E-state index >= 15 is 0 Å². The molecule has 2 aliphatic rings. The first-order valence-corrected chi connectivity index (χ1v) is 12.1.